The summed E-state index contributed by atoms with van der Waals surface area (Å²) < 4.78 is 0. The quantitative estimate of drug-likeness (QED) is 0.511. The monoisotopic (exact) mass is 328 g/mol. The van der Waals surface area contributed by atoms with E-state index in [-0.39, 0.29) is 0 Å². The van der Waals surface area contributed by atoms with Crippen molar-refractivity contribution < 1.29 is 9.90 Å². The number of carbonyl (C=O) groups is 1. The largest absolute Gasteiger partial charge is 0.478 e. The maximum absolute atomic E-state index is 11.4. The van der Waals surface area contributed by atoms with E-state index >= 15 is 0 Å². The average molecular weight is 328 g/mol. The molecular weight excluding hydrogens is 312 g/mol. The molecule has 0 saturated heterocycles. The van der Waals surface area contributed by atoms with Crippen molar-refractivity contribution in [3.8, 4) is 0 Å². The van der Waals surface area contributed by atoms with E-state index in [1.165, 1.54) is 0 Å². The summed E-state index contributed by atoms with van der Waals surface area (Å²) in [5.41, 5.74) is 4.52. The fourth-order valence-electron chi connectivity index (χ4n) is 3.11. The van der Waals surface area contributed by atoms with E-state index in [2.05, 4.69) is 5.32 Å². The molecule has 1 heterocycles. The zero-order chi connectivity index (χ0) is 17.4. The molecule has 2 N–H and O–H groups in total. The molecule has 4 rings (SSSR count). The van der Waals surface area contributed by atoms with Crippen molar-refractivity contribution in [2.75, 3.05) is 5.32 Å². The van der Waals surface area contributed by atoms with Gasteiger partial charge in [-0.3, -0.25) is 0 Å². The van der Waals surface area contributed by atoms with E-state index in [1.807, 2.05) is 61.5 Å². The third-order valence-electron chi connectivity index (χ3n) is 4.41. The lowest BCUT2D eigenvalue weighted by molar-refractivity contribution is 0.0696. The minimum Gasteiger partial charge on any atom is -0.478 e. The number of aromatic nitrogens is 1. The van der Waals surface area contributed by atoms with E-state index in [0.717, 1.165) is 33.2 Å². The Labute approximate surface area is 144 Å². The van der Waals surface area contributed by atoms with Crippen LogP contribution in [0.25, 0.3) is 21.8 Å². The Morgan fingerprint density at radius 1 is 0.880 bits per heavy atom. The third-order valence-corrected chi connectivity index (χ3v) is 4.41. The number of nitrogens with one attached hydrogen (secondary N) is 1. The molecule has 0 bridgehead atoms. The summed E-state index contributed by atoms with van der Waals surface area (Å²) in [5.74, 6) is -0.925. The van der Waals surface area contributed by atoms with Gasteiger partial charge in [-0.05, 0) is 36.8 Å². The predicted octanol–water partition coefficient (Wildman–Crippen LogP) is 5.14. The molecule has 0 aliphatic carbocycles. The zero-order valence-corrected chi connectivity index (χ0v) is 13.7. The molecule has 0 atom stereocenters. The van der Waals surface area contributed by atoms with Gasteiger partial charge in [-0.1, -0.05) is 42.5 Å². The molecule has 0 radical (unpaired) electrons. The number of carboxylic acid groups (broad SMARTS) is 1. The van der Waals surface area contributed by atoms with E-state index in [0.29, 0.717) is 11.1 Å². The van der Waals surface area contributed by atoms with Gasteiger partial charge >= 0.3 is 5.97 Å². The van der Waals surface area contributed by atoms with E-state index in [9.17, 15) is 9.90 Å². The molecule has 4 heteroatoms. The van der Waals surface area contributed by atoms with Crippen LogP contribution in [0, 0.1) is 6.92 Å². The number of hydrogen-bond acceptors (Lipinski definition) is 3. The first-order valence-electron chi connectivity index (χ1n) is 8.02. The Morgan fingerprint density at radius 2 is 1.48 bits per heavy atom. The summed E-state index contributed by atoms with van der Waals surface area (Å²) in [5, 5.41) is 14.8. The van der Waals surface area contributed by atoms with Crippen LogP contribution >= 0.6 is 0 Å². The fraction of sp³-hybridized carbons (Fsp3) is 0.0476. The number of fused-ring (bicyclic) bond motifs is 2. The Morgan fingerprint density at radius 3 is 2.08 bits per heavy atom. The van der Waals surface area contributed by atoms with Gasteiger partial charge in [0.05, 0.1) is 22.3 Å². The second kappa shape index (κ2) is 5.91. The van der Waals surface area contributed by atoms with Crippen LogP contribution in [0.4, 0.5) is 11.4 Å². The highest BCUT2D eigenvalue weighted by Crippen LogP contribution is 2.34. The van der Waals surface area contributed by atoms with Gasteiger partial charge in [0.1, 0.15) is 0 Å². The van der Waals surface area contributed by atoms with Gasteiger partial charge in [0.15, 0.2) is 0 Å². The molecule has 4 aromatic rings. The molecule has 4 nitrogen and oxygen atoms in total. The van der Waals surface area contributed by atoms with Crippen LogP contribution in [0.1, 0.15) is 15.9 Å². The second-order valence-corrected chi connectivity index (χ2v) is 5.93. The fourth-order valence-corrected chi connectivity index (χ4v) is 3.11. The molecule has 0 fully saturated rings. The van der Waals surface area contributed by atoms with Gasteiger partial charge < -0.3 is 10.4 Å². The highest BCUT2D eigenvalue weighted by molar-refractivity contribution is 6.09. The summed E-state index contributed by atoms with van der Waals surface area (Å²) >= 11 is 0. The van der Waals surface area contributed by atoms with E-state index in [1.54, 1.807) is 12.1 Å². The number of pyridine rings is 1. The number of carboxylic acids is 1. The number of anilines is 2. The van der Waals surface area contributed by atoms with Crippen LogP contribution in [0.3, 0.4) is 0 Å². The minimum absolute atomic E-state index is 0.299. The van der Waals surface area contributed by atoms with Crippen molar-refractivity contribution >= 4 is 39.1 Å². The lowest BCUT2D eigenvalue weighted by Crippen LogP contribution is -2.03. The first kappa shape index (κ1) is 15.1. The zero-order valence-electron chi connectivity index (χ0n) is 13.7. The van der Waals surface area contributed by atoms with Gasteiger partial charge in [-0.15, -0.1) is 0 Å². The molecule has 0 aliphatic rings. The molecule has 25 heavy (non-hydrogen) atoms. The standard InChI is InChI=1S/C21H16N2O2/c1-13-14(21(24)25)9-6-12-17(13)23-20-15-7-2-4-10-18(15)22-19-11-5-3-8-16(19)20/h2-12H,1H3,(H,22,23)(H,24,25). The summed E-state index contributed by atoms with van der Waals surface area (Å²) in [6.45, 7) is 1.82. The van der Waals surface area contributed by atoms with Gasteiger partial charge in [-0.25, -0.2) is 9.78 Å². The summed E-state index contributed by atoms with van der Waals surface area (Å²) in [4.78, 5) is 16.1. The number of nitrogens with zero attached hydrogens (tertiary/aromatic N) is 1. The Balaban J connectivity index is 1.97. The molecule has 3 aromatic carbocycles. The van der Waals surface area contributed by atoms with Crippen LogP contribution < -0.4 is 5.32 Å². The summed E-state index contributed by atoms with van der Waals surface area (Å²) in [6, 6.07) is 21.1. The Bertz CT molecular complexity index is 1070. The van der Waals surface area contributed by atoms with Crippen LogP contribution in [-0.2, 0) is 0 Å². The number of aromatic carboxylic acids is 1. The maximum atomic E-state index is 11.4. The normalized spacial score (nSPS) is 10.9. The van der Waals surface area contributed by atoms with Gasteiger partial charge in [0, 0.05) is 16.5 Å². The number of hydrogen-bond donors (Lipinski definition) is 2. The first-order chi connectivity index (χ1) is 12.1. The van der Waals surface area contributed by atoms with Gasteiger partial charge in [0.25, 0.3) is 0 Å². The molecule has 0 amide bonds. The maximum Gasteiger partial charge on any atom is 0.336 e. The highest BCUT2D eigenvalue weighted by Gasteiger charge is 2.13. The van der Waals surface area contributed by atoms with Crippen LogP contribution in [0.15, 0.2) is 66.7 Å². The summed E-state index contributed by atoms with van der Waals surface area (Å²) in [6.07, 6.45) is 0. The SMILES string of the molecule is Cc1c(Nc2c3ccccc3nc3ccccc23)cccc1C(=O)O. The Hall–Kier alpha value is -3.40. The third kappa shape index (κ3) is 2.58. The molecule has 1 aromatic heterocycles. The number of rotatable bonds is 3. The van der Waals surface area contributed by atoms with Gasteiger partial charge in [0.2, 0.25) is 0 Å². The number of benzene rings is 3. The van der Waals surface area contributed by atoms with E-state index < -0.39 is 5.97 Å². The van der Waals surface area contributed by atoms with Crippen LogP contribution in [0.2, 0.25) is 0 Å². The molecular formula is C21H16N2O2. The minimum atomic E-state index is -0.925. The van der Waals surface area contributed by atoms with E-state index in [4.69, 9.17) is 4.98 Å². The molecule has 0 spiro atoms. The molecule has 0 unspecified atom stereocenters. The number of para-hydroxylation sites is 2. The summed E-state index contributed by atoms with van der Waals surface area (Å²) in [7, 11) is 0. The highest BCUT2D eigenvalue weighted by atomic mass is 16.4. The Kier molecular flexibility index (Phi) is 3.58. The molecule has 0 aliphatic heterocycles. The average Bonchev–Trinajstić information content (AvgIpc) is 2.62. The topological polar surface area (TPSA) is 62.2 Å². The smallest absolute Gasteiger partial charge is 0.336 e. The molecule has 122 valence electrons. The first-order valence-corrected chi connectivity index (χ1v) is 8.02. The van der Waals surface area contributed by atoms with Crippen LogP contribution in [0.5, 0.6) is 0 Å². The lowest BCUT2D eigenvalue weighted by atomic mass is 10.0. The molecule has 0 saturated carbocycles. The van der Waals surface area contributed by atoms with Crippen molar-refractivity contribution in [1.29, 1.82) is 0 Å². The van der Waals surface area contributed by atoms with Crippen molar-refractivity contribution in [3.63, 3.8) is 0 Å². The van der Waals surface area contributed by atoms with Gasteiger partial charge in [-0.2, -0.15) is 0 Å². The van der Waals surface area contributed by atoms with Crippen LogP contribution in [-0.4, -0.2) is 16.1 Å². The predicted molar refractivity (Wildman–Crippen MR) is 101 cm³/mol. The second-order valence-electron chi connectivity index (χ2n) is 5.93. The van der Waals surface area contributed by atoms with Crippen molar-refractivity contribution in [2.24, 2.45) is 0 Å². The lowest BCUT2D eigenvalue weighted by Gasteiger charge is -2.16. The van der Waals surface area contributed by atoms with Crippen molar-refractivity contribution in [2.45, 2.75) is 6.92 Å². The van der Waals surface area contributed by atoms with Crippen molar-refractivity contribution in [1.82, 2.24) is 4.98 Å². The van der Waals surface area contributed by atoms with Crippen molar-refractivity contribution in [3.05, 3.63) is 77.9 Å².